The summed E-state index contributed by atoms with van der Waals surface area (Å²) in [6, 6.07) is 42.1. The zero-order valence-electron chi connectivity index (χ0n) is 48.8. The summed E-state index contributed by atoms with van der Waals surface area (Å²) in [6.07, 6.45) is 19.6. The van der Waals surface area contributed by atoms with Crippen LogP contribution in [0.3, 0.4) is 0 Å². The van der Waals surface area contributed by atoms with Crippen LogP contribution in [0.4, 0.5) is 4.79 Å². The molecule has 20 nitrogen and oxygen atoms in total. The number of allylic oxidation sites excluding steroid dienone is 2. The topological polar surface area (TPSA) is 264 Å². The zero-order valence-corrected chi connectivity index (χ0v) is 50.8. The van der Waals surface area contributed by atoms with Gasteiger partial charge in [0.2, 0.25) is 0 Å². The summed E-state index contributed by atoms with van der Waals surface area (Å²) in [6.45, 7) is 3.90. The number of carbonyl (C=O) groups excluding carboxylic acids is 9. The first-order valence-electron chi connectivity index (χ1n) is 25.8. The third-order valence-corrected chi connectivity index (χ3v) is 11.1. The van der Waals surface area contributed by atoms with Gasteiger partial charge in [0.25, 0.3) is 11.8 Å². The minimum atomic E-state index is -1.03. The maximum Gasteiger partial charge on any atom is 1.00 e. The SMILES string of the molecule is C.C.C1CCCCC1.C=C[C@H](c1ccccc1)C(C(=O)OC)C(=O)OC.COC(=O)C(C/C=C/c1ccccc1)C(=O)OC.COC(=O)OC/C=C/c1ccccc1.COC(=O)[CH-]C(=O)OC.O=C(NNC(=O)c1ccccn1)c1ccccc1.[Na+]. The number of pyridine rings is 1. The van der Waals surface area contributed by atoms with Gasteiger partial charge in [0.15, 0.2) is 23.8 Å². The first kappa shape index (κ1) is 81.4. The third kappa shape index (κ3) is 36.0. The molecule has 5 aromatic rings. The van der Waals surface area contributed by atoms with E-state index in [4.69, 9.17) is 0 Å². The van der Waals surface area contributed by atoms with Crippen LogP contribution in [0.15, 0.2) is 171 Å². The van der Waals surface area contributed by atoms with Gasteiger partial charge in [-0.25, -0.2) is 4.79 Å². The Bertz CT molecular complexity index is 2640. The van der Waals surface area contributed by atoms with Crippen molar-refractivity contribution in [3.05, 3.63) is 205 Å². The fraction of sp³-hybridized carbons (Fsp3) is 0.308. The molecule has 1 aromatic heterocycles. The Morgan fingerprint density at radius 2 is 0.919 bits per heavy atom. The summed E-state index contributed by atoms with van der Waals surface area (Å²) < 4.78 is 35.7. The molecule has 1 atom stereocenters. The first-order valence-corrected chi connectivity index (χ1v) is 25.8. The Balaban J connectivity index is -0.000000981. The number of rotatable bonds is 17. The van der Waals surface area contributed by atoms with Crippen LogP contribution in [-0.2, 0) is 66.7 Å². The Hall–Kier alpha value is -8.85. The van der Waals surface area contributed by atoms with E-state index in [1.165, 1.54) is 94.5 Å². The van der Waals surface area contributed by atoms with Crippen molar-refractivity contribution >= 4 is 65.9 Å². The first-order chi connectivity index (χ1) is 40.1. The van der Waals surface area contributed by atoms with Gasteiger partial charge in [-0.05, 0) is 53.5 Å². The van der Waals surface area contributed by atoms with Crippen molar-refractivity contribution in [3.8, 4) is 0 Å². The fourth-order valence-electron chi connectivity index (χ4n) is 6.80. The van der Waals surface area contributed by atoms with E-state index >= 15 is 0 Å². The molecule has 1 aliphatic carbocycles. The molecule has 1 saturated carbocycles. The molecule has 1 aliphatic rings. The monoisotopic (exact) mass is 1200 g/mol. The standard InChI is InChI=1S/2C14H16O4.C13H11N3O2.C11H12O3.C6H12.C5H7O4.2CH4.Na/c1-17-13(15)12(14(16)18-2)10-6-9-11-7-4-3-5-8-11;1-4-11(10-8-6-5-7-9-10)12(13(15)17-2)14(16)18-3;17-12(10-6-2-1-3-7-10)15-16-13(18)11-8-4-5-9-14-11;1-13-11(12)14-9-5-8-10-6-3-2-4-7-10;1-2-4-6-5-3-1;1-8-4(6)3-5(7)9-2;;;/h3-9,12H,10H2,1-2H3;4-9,11-12H,1H2,2-3H3;1-9H,(H,15,17)(H,16,18);2-8H,9H2,1H3;1-6H2;3H,1-2H3;2*1H4;/q;;;;;-1;;;+1/b9-6+;;;8-5+;;;;;/t;11-;;;;;;;/m.1......./s1. The average Bonchev–Trinajstić information content (AvgIpc) is 3.24. The number of amides is 2. The van der Waals surface area contributed by atoms with Crippen molar-refractivity contribution in [1.29, 1.82) is 0 Å². The smallest absolute Gasteiger partial charge is 0.491 e. The number of esters is 6. The predicted molar refractivity (Wildman–Crippen MR) is 323 cm³/mol. The number of nitrogens with zero attached hydrogens (tertiary/aromatic N) is 1. The molecule has 2 N–H and O–H groups in total. The van der Waals surface area contributed by atoms with Gasteiger partial charge in [-0.15, -0.1) is 6.58 Å². The van der Waals surface area contributed by atoms with Crippen LogP contribution in [-0.4, -0.2) is 115 Å². The second-order valence-electron chi connectivity index (χ2n) is 16.7. The number of hydrogen-bond acceptors (Lipinski definition) is 18. The summed E-state index contributed by atoms with van der Waals surface area (Å²) in [5, 5.41) is 0. The minimum Gasteiger partial charge on any atom is -0.491 e. The molecule has 1 heterocycles. The van der Waals surface area contributed by atoms with Crippen LogP contribution in [0.2, 0.25) is 0 Å². The van der Waals surface area contributed by atoms with Gasteiger partial charge in [-0.1, -0.05) is 193 Å². The van der Waals surface area contributed by atoms with Gasteiger partial charge in [-0.2, -0.15) is 6.42 Å². The van der Waals surface area contributed by atoms with E-state index in [2.05, 4.69) is 60.3 Å². The number of ether oxygens (including phenoxy) is 8. The molecule has 0 aliphatic heterocycles. The van der Waals surface area contributed by atoms with Crippen LogP contribution in [0, 0.1) is 18.3 Å². The van der Waals surface area contributed by atoms with Crippen LogP contribution in [0.25, 0.3) is 12.2 Å². The quantitative estimate of drug-likeness (QED) is 0.0171. The summed E-state index contributed by atoms with van der Waals surface area (Å²) in [4.78, 5) is 104. The van der Waals surface area contributed by atoms with E-state index in [1.54, 1.807) is 60.7 Å². The molecule has 0 saturated heterocycles. The van der Waals surface area contributed by atoms with Crippen molar-refractivity contribution in [2.24, 2.45) is 11.8 Å². The van der Waals surface area contributed by atoms with Gasteiger partial charge in [0, 0.05) is 17.7 Å². The van der Waals surface area contributed by atoms with Crippen molar-refractivity contribution in [2.45, 2.75) is 65.7 Å². The van der Waals surface area contributed by atoms with E-state index in [-0.39, 0.29) is 69.0 Å². The van der Waals surface area contributed by atoms with Gasteiger partial charge in [-0.3, -0.25) is 54.2 Å². The van der Waals surface area contributed by atoms with Crippen molar-refractivity contribution in [1.82, 2.24) is 15.8 Å². The van der Waals surface area contributed by atoms with Gasteiger partial charge in [0.1, 0.15) is 12.3 Å². The summed E-state index contributed by atoms with van der Waals surface area (Å²) in [7, 11) is 8.62. The maximum atomic E-state index is 11.7. The summed E-state index contributed by atoms with van der Waals surface area (Å²) >= 11 is 0. The fourth-order valence-corrected chi connectivity index (χ4v) is 6.80. The normalized spacial score (nSPS) is 10.8. The Morgan fingerprint density at radius 3 is 1.31 bits per heavy atom. The second kappa shape index (κ2) is 51.8. The number of hydrogen-bond donors (Lipinski definition) is 2. The van der Waals surface area contributed by atoms with E-state index in [1.807, 2.05) is 109 Å². The van der Waals surface area contributed by atoms with Gasteiger partial charge >= 0.3 is 59.6 Å². The molecule has 460 valence electrons. The molecule has 0 bridgehead atoms. The van der Waals surface area contributed by atoms with Crippen molar-refractivity contribution < 1.29 is 111 Å². The van der Waals surface area contributed by atoms with E-state index in [0.717, 1.165) is 23.1 Å². The summed E-state index contributed by atoms with van der Waals surface area (Å²) in [5.74, 6) is -7.07. The number of nitrogens with one attached hydrogen (secondary N) is 2. The Labute approximate surface area is 528 Å². The molecule has 0 unspecified atom stereocenters. The molecule has 2 amide bonds. The molecule has 6 rings (SSSR count). The zero-order chi connectivity index (χ0) is 61.5. The number of aromatic nitrogens is 1. The molecule has 0 spiro atoms. The van der Waals surface area contributed by atoms with Crippen molar-refractivity contribution in [2.75, 3.05) is 56.4 Å². The molecular weight excluding hydrogens is 1120 g/mol. The second-order valence-corrected chi connectivity index (χ2v) is 16.7. The summed E-state index contributed by atoms with van der Waals surface area (Å²) in [5.41, 5.74) is 8.22. The number of hydrazine groups is 1. The molecule has 0 radical (unpaired) electrons. The molecule has 1 fully saturated rings. The molecule has 86 heavy (non-hydrogen) atoms. The maximum absolute atomic E-state index is 11.7. The van der Waals surface area contributed by atoms with E-state index in [0.29, 0.717) is 5.56 Å². The van der Waals surface area contributed by atoms with Crippen LogP contribution in [0.5, 0.6) is 0 Å². The third-order valence-electron chi connectivity index (χ3n) is 11.1. The van der Waals surface area contributed by atoms with Crippen molar-refractivity contribution in [3.63, 3.8) is 0 Å². The van der Waals surface area contributed by atoms with Gasteiger partial charge in [0.05, 0.1) is 49.8 Å². The average molecular weight is 1200 g/mol. The minimum absolute atomic E-state index is 0. The van der Waals surface area contributed by atoms with E-state index in [9.17, 15) is 43.2 Å². The number of carbonyl (C=O) groups is 9. The van der Waals surface area contributed by atoms with Crippen LogP contribution < -0.4 is 40.4 Å². The van der Waals surface area contributed by atoms with E-state index < -0.39 is 65.6 Å². The van der Waals surface area contributed by atoms with Crippen LogP contribution >= 0.6 is 0 Å². The number of benzene rings is 4. The largest absolute Gasteiger partial charge is 1.00 e. The Kier molecular flexibility index (Phi) is 49.0. The molecular formula is C65H82N3NaO17. The van der Waals surface area contributed by atoms with Gasteiger partial charge < -0.3 is 37.9 Å². The van der Waals surface area contributed by atoms with Crippen LogP contribution in [0.1, 0.15) is 103 Å². The Morgan fingerprint density at radius 1 is 0.512 bits per heavy atom. The predicted octanol–water partition coefficient (Wildman–Crippen LogP) is 7.76. The number of methoxy groups -OCH3 is 7. The molecule has 4 aromatic carbocycles. The molecule has 21 heteroatoms.